The quantitative estimate of drug-likeness (QED) is 0.839. The number of methoxy groups -OCH3 is 3. The van der Waals surface area contributed by atoms with E-state index in [0.717, 1.165) is 5.56 Å². The first kappa shape index (κ1) is 17.4. The van der Waals surface area contributed by atoms with Crippen molar-refractivity contribution >= 4 is 0 Å². The maximum atomic E-state index is 12.1. The van der Waals surface area contributed by atoms with Crippen LogP contribution in [0.1, 0.15) is 24.9 Å². The van der Waals surface area contributed by atoms with Gasteiger partial charge in [-0.25, -0.2) is 0 Å². The van der Waals surface area contributed by atoms with Crippen molar-refractivity contribution in [2.45, 2.75) is 25.6 Å². The van der Waals surface area contributed by atoms with Gasteiger partial charge >= 0.3 is 6.18 Å². The molecule has 0 bridgehead atoms. The van der Waals surface area contributed by atoms with E-state index >= 15 is 0 Å². The minimum atomic E-state index is -4.16. The zero-order chi connectivity index (χ0) is 16.0. The summed E-state index contributed by atoms with van der Waals surface area (Å²) in [4.78, 5) is 0. The van der Waals surface area contributed by atoms with Gasteiger partial charge in [0.1, 0.15) is 0 Å². The van der Waals surface area contributed by atoms with E-state index in [0.29, 0.717) is 17.2 Å². The molecule has 0 radical (unpaired) electrons. The molecule has 1 atom stereocenters. The lowest BCUT2D eigenvalue weighted by Crippen LogP contribution is -2.24. The summed E-state index contributed by atoms with van der Waals surface area (Å²) in [6.45, 7) is 1.62. The van der Waals surface area contributed by atoms with Crippen molar-refractivity contribution in [1.82, 2.24) is 5.32 Å². The zero-order valence-corrected chi connectivity index (χ0v) is 12.5. The molecule has 1 aromatic rings. The van der Waals surface area contributed by atoms with Crippen LogP contribution in [0, 0.1) is 0 Å². The molecule has 0 aliphatic rings. The van der Waals surface area contributed by atoms with Crippen molar-refractivity contribution in [1.29, 1.82) is 0 Å². The number of halogens is 3. The molecule has 0 heterocycles. The lowest BCUT2D eigenvalue weighted by molar-refractivity contribution is -0.133. The van der Waals surface area contributed by atoms with Crippen molar-refractivity contribution in [2.75, 3.05) is 27.9 Å². The number of rotatable bonds is 7. The Hall–Kier alpha value is -1.63. The van der Waals surface area contributed by atoms with E-state index in [4.69, 9.17) is 14.2 Å². The fourth-order valence-corrected chi connectivity index (χ4v) is 1.90. The molecule has 1 N–H and O–H groups in total. The van der Waals surface area contributed by atoms with Gasteiger partial charge in [0, 0.05) is 12.6 Å². The third-order valence-electron chi connectivity index (χ3n) is 3.05. The first-order valence-corrected chi connectivity index (χ1v) is 6.42. The summed E-state index contributed by atoms with van der Waals surface area (Å²) >= 11 is 0. The monoisotopic (exact) mass is 307 g/mol. The summed E-state index contributed by atoms with van der Waals surface area (Å²) in [6, 6.07) is 3.15. The van der Waals surface area contributed by atoms with E-state index in [1.165, 1.54) is 21.3 Å². The highest BCUT2D eigenvalue weighted by Gasteiger charge is 2.26. The molecule has 0 aliphatic carbocycles. The van der Waals surface area contributed by atoms with Gasteiger partial charge in [0.05, 0.1) is 27.8 Å². The van der Waals surface area contributed by atoms with Crippen molar-refractivity contribution in [2.24, 2.45) is 0 Å². The Labute approximate surface area is 122 Å². The minimum Gasteiger partial charge on any atom is -0.493 e. The van der Waals surface area contributed by atoms with E-state index in [-0.39, 0.29) is 12.6 Å². The van der Waals surface area contributed by atoms with Crippen LogP contribution in [0.5, 0.6) is 17.2 Å². The van der Waals surface area contributed by atoms with Gasteiger partial charge in [-0.3, -0.25) is 0 Å². The van der Waals surface area contributed by atoms with Gasteiger partial charge in [-0.2, -0.15) is 13.2 Å². The van der Waals surface area contributed by atoms with Gasteiger partial charge in [-0.15, -0.1) is 0 Å². The molecule has 1 aromatic carbocycles. The van der Waals surface area contributed by atoms with Gasteiger partial charge in [0.25, 0.3) is 0 Å². The van der Waals surface area contributed by atoms with E-state index in [1.54, 1.807) is 19.1 Å². The summed E-state index contributed by atoms with van der Waals surface area (Å²) in [7, 11) is 4.47. The first-order valence-electron chi connectivity index (χ1n) is 6.42. The third-order valence-corrected chi connectivity index (χ3v) is 3.05. The van der Waals surface area contributed by atoms with Crippen molar-refractivity contribution in [3.63, 3.8) is 0 Å². The summed E-state index contributed by atoms with van der Waals surface area (Å²) in [5, 5.41) is 2.82. The Morgan fingerprint density at radius 2 is 1.57 bits per heavy atom. The van der Waals surface area contributed by atoms with Crippen LogP contribution in [-0.4, -0.2) is 34.1 Å². The van der Waals surface area contributed by atoms with Crippen LogP contribution in [-0.2, 0) is 0 Å². The second-order valence-electron chi connectivity index (χ2n) is 4.50. The van der Waals surface area contributed by atoms with Gasteiger partial charge in [0.15, 0.2) is 11.5 Å². The third kappa shape index (κ3) is 5.00. The summed E-state index contributed by atoms with van der Waals surface area (Å²) in [5.74, 6) is 1.39. The van der Waals surface area contributed by atoms with Crippen LogP contribution in [0.4, 0.5) is 13.2 Å². The number of hydrogen-bond donors (Lipinski definition) is 1. The molecular weight excluding hydrogens is 287 g/mol. The summed E-state index contributed by atoms with van der Waals surface area (Å²) in [5.41, 5.74) is 0.756. The second kappa shape index (κ2) is 7.40. The van der Waals surface area contributed by atoms with Crippen molar-refractivity contribution < 1.29 is 27.4 Å². The smallest absolute Gasteiger partial charge is 0.390 e. The molecule has 21 heavy (non-hydrogen) atoms. The number of benzene rings is 1. The molecule has 0 saturated heterocycles. The number of nitrogens with one attached hydrogen (secondary N) is 1. The predicted octanol–water partition coefficient (Wildman–Crippen LogP) is 3.32. The van der Waals surface area contributed by atoms with E-state index in [9.17, 15) is 13.2 Å². The topological polar surface area (TPSA) is 39.7 Å². The maximum absolute atomic E-state index is 12.1. The highest BCUT2D eigenvalue weighted by atomic mass is 19.4. The largest absolute Gasteiger partial charge is 0.493 e. The molecule has 1 unspecified atom stereocenters. The number of ether oxygens (including phenoxy) is 3. The lowest BCUT2D eigenvalue weighted by Gasteiger charge is -2.19. The fraction of sp³-hybridized carbons (Fsp3) is 0.571. The molecule has 0 aromatic heterocycles. The Morgan fingerprint density at radius 1 is 1.05 bits per heavy atom. The molecule has 0 spiro atoms. The van der Waals surface area contributed by atoms with E-state index < -0.39 is 12.6 Å². The van der Waals surface area contributed by atoms with E-state index in [2.05, 4.69) is 5.32 Å². The van der Waals surface area contributed by atoms with Gasteiger partial charge in [0.2, 0.25) is 5.75 Å². The maximum Gasteiger partial charge on any atom is 0.390 e. The van der Waals surface area contributed by atoms with Crippen molar-refractivity contribution in [3.8, 4) is 17.2 Å². The van der Waals surface area contributed by atoms with Gasteiger partial charge < -0.3 is 19.5 Å². The SMILES string of the molecule is COc1cc(C(C)NCCC(F)(F)F)cc(OC)c1OC. The van der Waals surface area contributed by atoms with Crippen LogP contribution in [0.2, 0.25) is 0 Å². The molecular formula is C14H20F3NO3. The second-order valence-corrected chi connectivity index (χ2v) is 4.50. The average Bonchev–Trinajstić information content (AvgIpc) is 2.43. The van der Waals surface area contributed by atoms with Crippen molar-refractivity contribution in [3.05, 3.63) is 17.7 Å². The Kier molecular flexibility index (Phi) is 6.14. The highest BCUT2D eigenvalue weighted by Crippen LogP contribution is 2.39. The summed E-state index contributed by atoms with van der Waals surface area (Å²) < 4.78 is 52.1. The molecule has 4 nitrogen and oxygen atoms in total. The standard InChI is InChI=1S/C14H20F3NO3/c1-9(18-6-5-14(15,16)17)10-7-11(19-2)13(21-4)12(8-10)20-3/h7-9,18H,5-6H2,1-4H3. The average molecular weight is 307 g/mol. The van der Waals surface area contributed by atoms with Crippen LogP contribution in [0.3, 0.4) is 0 Å². The minimum absolute atomic E-state index is 0.151. The van der Waals surface area contributed by atoms with Crippen LogP contribution in [0.25, 0.3) is 0 Å². The molecule has 0 saturated carbocycles. The molecule has 0 fully saturated rings. The Bertz CT molecular complexity index is 438. The van der Waals surface area contributed by atoms with Crippen LogP contribution < -0.4 is 19.5 Å². The Balaban J connectivity index is 2.87. The van der Waals surface area contributed by atoms with Gasteiger partial charge in [-0.05, 0) is 24.6 Å². The lowest BCUT2D eigenvalue weighted by atomic mass is 10.1. The zero-order valence-electron chi connectivity index (χ0n) is 12.5. The van der Waals surface area contributed by atoms with Crippen LogP contribution >= 0.6 is 0 Å². The fourth-order valence-electron chi connectivity index (χ4n) is 1.90. The molecule has 0 amide bonds. The predicted molar refractivity (Wildman–Crippen MR) is 73.2 cm³/mol. The highest BCUT2D eigenvalue weighted by molar-refractivity contribution is 5.54. The summed E-state index contributed by atoms with van der Waals surface area (Å²) in [6.07, 6.45) is -5.04. The normalized spacial score (nSPS) is 12.9. The first-order chi connectivity index (χ1) is 9.82. The number of alkyl halides is 3. The molecule has 0 aliphatic heterocycles. The Morgan fingerprint density at radius 3 is 1.95 bits per heavy atom. The molecule has 120 valence electrons. The molecule has 1 rings (SSSR count). The van der Waals surface area contributed by atoms with E-state index in [1.807, 2.05) is 0 Å². The molecule has 7 heteroatoms. The number of hydrogen-bond acceptors (Lipinski definition) is 4. The van der Waals surface area contributed by atoms with Gasteiger partial charge in [-0.1, -0.05) is 0 Å². The van der Waals surface area contributed by atoms with Crippen LogP contribution in [0.15, 0.2) is 12.1 Å².